The van der Waals surface area contributed by atoms with Gasteiger partial charge in [-0.25, -0.2) is 4.79 Å². The number of rotatable bonds is 6. The molecule has 0 radical (unpaired) electrons. The molecule has 1 aromatic rings. The summed E-state index contributed by atoms with van der Waals surface area (Å²) in [6, 6.07) is 8.34. The predicted octanol–water partition coefficient (Wildman–Crippen LogP) is 0.520. The summed E-state index contributed by atoms with van der Waals surface area (Å²) in [7, 11) is 0. The number of thioether (sulfide) groups is 1. The van der Waals surface area contributed by atoms with Crippen LogP contribution in [0.4, 0.5) is 0 Å². The van der Waals surface area contributed by atoms with Crippen molar-refractivity contribution in [3.8, 4) is 0 Å². The number of carbonyl (C=O) groups is 4. The van der Waals surface area contributed by atoms with Gasteiger partial charge in [-0.15, -0.1) is 0 Å². The molecule has 4 N–H and O–H groups in total. The summed E-state index contributed by atoms with van der Waals surface area (Å²) in [4.78, 5) is 45.4. The minimum absolute atomic E-state index is 0.278. The van der Waals surface area contributed by atoms with Crippen molar-refractivity contribution in [3.63, 3.8) is 0 Å². The van der Waals surface area contributed by atoms with Crippen molar-refractivity contribution < 1.29 is 24.3 Å². The Bertz CT molecular complexity index is 640. The van der Waals surface area contributed by atoms with Crippen LogP contribution in [0.5, 0.6) is 0 Å². The molecule has 0 bridgehead atoms. The molecule has 8 heteroatoms. The fourth-order valence-corrected chi connectivity index (χ4v) is 2.03. The van der Waals surface area contributed by atoms with E-state index in [1.165, 1.54) is 6.92 Å². The topological polar surface area (TPSA) is 127 Å². The van der Waals surface area contributed by atoms with Gasteiger partial charge in [0.05, 0.1) is 5.75 Å². The second kappa shape index (κ2) is 7.99. The first-order chi connectivity index (χ1) is 10.3. The van der Waals surface area contributed by atoms with Crippen LogP contribution in [0.2, 0.25) is 0 Å². The first-order valence-corrected chi connectivity index (χ1v) is 7.07. The Morgan fingerprint density at radius 2 is 1.77 bits per heavy atom. The van der Waals surface area contributed by atoms with E-state index < -0.39 is 23.5 Å². The number of nitrogens with two attached hydrogens (primary N) is 1. The maximum Gasteiger partial charge on any atom is 0.352 e. The molecule has 0 saturated heterocycles. The summed E-state index contributed by atoms with van der Waals surface area (Å²) in [5, 5.41) is 10.7. The molecule has 0 saturated carbocycles. The third kappa shape index (κ3) is 5.06. The van der Waals surface area contributed by atoms with E-state index in [-0.39, 0.29) is 16.4 Å². The summed E-state index contributed by atoms with van der Waals surface area (Å²) in [6.45, 7) is 1.19. The van der Waals surface area contributed by atoms with Gasteiger partial charge in [0.15, 0.2) is 0 Å². The lowest BCUT2D eigenvalue weighted by Crippen LogP contribution is -2.32. The molecule has 116 valence electrons. The summed E-state index contributed by atoms with van der Waals surface area (Å²) in [6.07, 6.45) is 0. The SMILES string of the molecule is C/C(C(N)=O)=C(\NC(=O)CSC(=O)c1ccccc1)C(=O)O. The Balaban J connectivity index is 2.66. The highest BCUT2D eigenvalue weighted by Gasteiger charge is 2.18. The first-order valence-electron chi connectivity index (χ1n) is 6.09. The lowest BCUT2D eigenvalue weighted by Gasteiger charge is -2.08. The van der Waals surface area contributed by atoms with Crippen molar-refractivity contribution in [3.05, 3.63) is 47.2 Å². The molecule has 0 atom stereocenters. The van der Waals surface area contributed by atoms with Gasteiger partial charge in [0.2, 0.25) is 16.9 Å². The summed E-state index contributed by atoms with van der Waals surface area (Å²) in [5.74, 6) is -3.43. The maximum atomic E-state index is 11.8. The molecule has 2 amide bonds. The number of aliphatic carboxylic acids is 1. The zero-order chi connectivity index (χ0) is 16.7. The molecule has 0 aliphatic heterocycles. The fraction of sp³-hybridized carbons (Fsp3) is 0.143. The quantitative estimate of drug-likeness (QED) is 0.655. The van der Waals surface area contributed by atoms with E-state index in [1.54, 1.807) is 30.3 Å². The van der Waals surface area contributed by atoms with Crippen molar-refractivity contribution in [1.29, 1.82) is 0 Å². The van der Waals surface area contributed by atoms with Crippen LogP contribution in [-0.2, 0) is 14.4 Å². The average molecular weight is 322 g/mol. The van der Waals surface area contributed by atoms with Crippen LogP contribution in [0.1, 0.15) is 17.3 Å². The molecule has 7 nitrogen and oxygen atoms in total. The largest absolute Gasteiger partial charge is 0.477 e. The standard InChI is InChI=1S/C14H14N2O5S/c1-8(12(15)18)11(13(19)20)16-10(17)7-22-14(21)9-5-3-2-4-6-9/h2-6H,7H2,1H3,(H2,15,18)(H,16,17)(H,19,20)/b11-8+. The molecule has 0 aliphatic rings. The van der Waals surface area contributed by atoms with Gasteiger partial charge >= 0.3 is 5.97 Å². The molecule has 1 aromatic carbocycles. The zero-order valence-corrected chi connectivity index (χ0v) is 12.5. The van der Waals surface area contributed by atoms with Gasteiger partial charge in [0.25, 0.3) is 0 Å². The van der Waals surface area contributed by atoms with Gasteiger partial charge in [-0.1, -0.05) is 42.1 Å². The number of carbonyl (C=O) groups excluding carboxylic acids is 3. The molecule has 0 unspecified atom stereocenters. The maximum absolute atomic E-state index is 11.8. The van der Waals surface area contributed by atoms with Crippen LogP contribution in [0.25, 0.3) is 0 Å². The third-order valence-corrected chi connectivity index (χ3v) is 3.47. The Labute approximate surface area is 130 Å². The molecule has 0 spiro atoms. The first kappa shape index (κ1) is 17.4. The third-order valence-electron chi connectivity index (χ3n) is 2.57. The van der Waals surface area contributed by atoms with Crippen molar-refractivity contribution in [2.75, 3.05) is 5.75 Å². The van der Waals surface area contributed by atoms with Gasteiger partial charge < -0.3 is 16.2 Å². The predicted molar refractivity (Wildman–Crippen MR) is 80.9 cm³/mol. The Morgan fingerprint density at radius 1 is 1.18 bits per heavy atom. The minimum atomic E-state index is -1.48. The summed E-state index contributed by atoms with van der Waals surface area (Å²) in [5.41, 5.74) is 4.54. The highest BCUT2D eigenvalue weighted by molar-refractivity contribution is 8.14. The van der Waals surface area contributed by atoms with E-state index in [1.807, 2.05) is 0 Å². The molecule has 0 fully saturated rings. The summed E-state index contributed by atoms with van der Waals surface area (Å²) < 4.78 is 0. The van der Waals surface area contributed by atoms with Crippen LogP contribution in [0.3, 0.4) is 0 Å². The highest BCUT2D eigenvalue weighted by atomic mass is 32.2. The van der Waals surface area contributed by atoms with E-state index in [0.717, 1.165) is 11.8 Å². The number of nitrogens with one attached hydrogen (secondary N) is 1. The number of carboxylic acid groups (broad SMARTS) is 1. The van der Waals surface area contributed by atoms with Crippen LogP contribution >= 0.6 is 11.8 Å². The van der Waals surface area contributed by atoms with Gasteiger partial charge in [-0.2, -0.15) is 0 Å². The number of hydrogen-bond donors (Lipinski definition) is 3. The molecular formula is C14H14N2O5S. The van der Waals surface area contributed by atoms with Gasteiger partial charge in [0.1, 0.15) is 5.70 Å². The van der Waals surface area contributed by atoms with Crippen LogP contribution in [-0.4, -0.2) is 33.8 Å². The van der Waals surface area contributed by atoms with E-state index >= 15 is 0 Å². The second-order valence-corrected chi connectivity index (χ2v) is 5.11. The Morgan fingerprint density at radius 3 is 2.27 bits per heavy atom. The Hall–Kier alpha value is -2.61. The highest BCUT2D eigenvalue weighted by Crippen LogP contribution is 2.12. The van der Waals surface area contributed by atoms with Gasteiger partial charge in [-0.05, 0) is 6.92 Å². The molecule has 0 heterocycles. The van der Waals surface area contributed by atoms with Crippen LogP contribution in [0, 0.1) is 0 Å². The lowest BCUT2D eigenvalue weighted by atomic mass is 10.2. The number of primary amides is 1. The molecule has 22 heavy (non-hydrogen) atoms. The van der Waals surface area contributed by atoms with Crippen molar-refractivity contribution in [2.45, 2.75) is 6.92 Å². The smallest absolute Gasteiger partial charge is 0.352 e. The number of benzene rings is 1. The summed E-state index contributed by atoms with van der Waals surface area (Å²) >= 11 is 0.729. The normalized spacial score (nSPS) is 11.3. The van der Waals surface area contributed by atoms with E-state index in [9.17, 15) is 19.2 Å². The monoisotopic (exact) mass is 322 g/mol. The van der Waals surface area contributed by atoms with E-state index in [0.29, 0.717) is 5.56 Å². The number of hydrogen-bond acceptors (Lipinski definition) is 5. The van der Waals surface area contributed by atoms with Crippen LogP contribution < -0.4 is 11.1 Å². The van der Waals surface area contributed by atoms with Crippen LogP contribution in [0.15, 0.2) is 41.6 Å². The second-order valence-electron chi connectivity index (χ2n) is 4.16. The molecule has 1 rings (SSSR count). The van der Waals surface area contributed by atoms with Crippen molar-refractivity contribution >= 4 is 34.7 Å². The molecular weight excluding hydrogens is 308 g/mol. The van der Waals surface area contributed by atoms with E-state index in [2.05, 4.69) is 5.32 Å². The molecule has 0 aromatic heterocycles. The molecule has 0 aliphatic carbocycles. The minimum Gasteiger partial charge on any atom is -0.477 e. The van der Waals surface area contributed by atoms with Crippen molar-refractivity contribution in [1.82, 2.24) is 5.32 Å². The van der Waals surface area contributed by atoms with Gasteiger partial charge in [0, 0.05) is 11.1 Å². The van der Waals surface area contributed by atoms with Crippen molar-refractivity contribution in [2.24, 2.45) is 5.73 Å². The lowest BCUT2D eigenvalue weighted by molar-refractivity contribution is -0.134. The Kier molecular flexibility index (Phi) is 6.33. The average Bonchev–Trinajstić information content (AvgIpc) is 2.50. The van der Waals surface area contributed by atoms with Gasteiger partial charge in [-0.3, -0.25) is 14.4 Å². The van der Waals surface area contributed by atoms with E-state index in [4.69, 9.17) is 10.8 Å². The number of carboxylic acids is 1. The fourth-order valence-electron chi connectivity index (χ4n) is 1.39. The number of amides is 2. The zero-order valence-electron chi connectivity index (χ0n) is 11.7.